The Kier molecular flexibility index (Phi) is 7.44. The molecule has 3 aromatic carbocycles. The van der Waals surface area contributed by atoms with Crippen molar-refractivity contribution >= 4 is 16.2 Å². The monoisotopic (exact) mass is 439 g/mol. The number of hydrogen-bond donors (Lipinski definition) is 0. The first-order valence-electron chi connectivity index (χ1n) is 9.80. The minimum absolute atomic E-state index is 0.181. The van der Waals surface area contributed by atoms with Gasteiger partial charge in [-0.15, -0.1) is 0 Å². The molecule has 0 bridgehead atoms. The van der Waals surface area contributed by atoms with E-state index in [1.54, 1.807) is 38.3 Å². The molecular weight excluding hydrogens is 414 g/mol. The lowest BCUT2D eigenvalue weighted by atomic mass is 10.1. The summed E-state index contributed by atoms with van der Waals surface area (Å²) in [6, 6.07) is 22.9. The first-order valence-corrected chi connectivity index (χ1v) is 11.5. The second-order valence-electron chi connectivity index (χ2n) is 7.11. The average Bonchev–Trinajstić information content (AvgIpc) is 2.80. The number of amides is 1. The van der Waals surface area contributed by atoms with E-state index >= 15 is 0 Å². The smallest absolute Gasteiger partial charge is 0.233 e. The summed E-state index contributed by atoms with van der Waals surface area (Å²) in [5.74, 6) is 0.508. The lowest BCUT2D eigenvalue weighted by Crippen LogP contribution is -2.37. The van der Waals surface area contributed by atoms with Gasteiger partial charge in [0.2, 0.25) is 6.41 Å². The number of carbonyl (C=O) groups excluding carboxylic acids is 1. The van der Waals surface area contributed by atoms with Gasteiger partial charge in [0.15, 0.2) is 9.84 Å². The van der Waals surface area contributed by atoms with Gasteiger partial charge in [0, 0.05) is 0 Å². The molecule has 0 saturated carbocycles. The van der Waals surface area contributed by atoms with Crippen LogP contribution in [-0.4, -0.2) is 38.8 Å². The van der Waals surface area contributed by atoms with E-state index in [1.165, 1.54) is 0 Å². The molecule has 7 heteroatoms. The lowest BCUT2D eigenvalue weighted by molar-refractivity contribution is -0.187. The Morgan fingerprint density at radius 1 is 0.903 bits per heavy atom. The van der Waals surface area contributed by atoms with Crippen molar-refractivity contribution in [3.63, 3.8) is 0 Å². The molecule has 0 N–H and O–H groups in total. The van der Waals surface area contributed by atoms with Crippen LogP contribution in [0.1, 0.15) is 12.5 Å². The van der Waals surface area contributed by atoms with E-state index in [4.69, 9.17) is 9.57 Å². The maximum atomic E-state index is 12.9. The number of methoxy groups -OCH3 is 1. The molecule has 0 heterocycles. The van der Waals surface area contributed by atoms with Crippen molar-refractivity contribution in [2.45, 2.75) is 24.5 Å². The molecule has 3 rings (SSSR count). The summed E-state index contributed by atoms with van der Waals surface area (Å²) in [4.78, 5) is 17.1. The minimum atomic E-state index is -3.61. The molecule has 0 fully saturated rings. The highest BCUT2D eigenvalue weighted by Crippen LogP contribution is 2.24. The summed E-state index contributed by atoms with van der Waals surface area (Å²) in [6.45, 7) is 1.82. The summed E-state index contributed by atoms with van der Waals surface area (Å²) >= 11 is 0. The number of nitrogens with zero attached hydrogens (tertiary/aromatic N) is 1. The Balaban J connectivity index is 1.66. The largest absolute Gasteiger partial charge is 0.497 e. The van der Waals surface area contributed by atoms with Gasteiger partial charge < -0.3 is 4.74 Å². The van der Waals surface area contributed by atoms with Crippen LogP contribution in [0.15, 0.2) is 83.8 Å². The molecule has 0 aliphatic rings. The van der Waals surface area contributed by atoms with Crippen LogP contribution < -0.4 is 4.74 Å². The van der Waals surface area contributed by atoms with E-state index in [1.807, 2.05) is 54.6 Å². The van der Waals surface area contributed by atoms with Crippen LogP contribution in [0, 0.1) is 0 Å². The van der Waals surface area contributed by atoms with Gasteiger partial charge in [0.1, 0.15) is 12.4 Å². The van der Waals surface area contributed by atoms with E-state index in [2.05, 4.69) is 0 Å². The van der Waals surface area contributed by atoms with Gasteiger partial charge in [-0.3, -0.25) is 9.63 Å². The quantitative estimate of drug-likeness (QED) is 0.351. The summed E-state index contributed by atoms with van der Waals surface area (Å²) < 4.78 is 30.9. The van der Waals surface area contributed by atoms with Crippen molar-refractivity contribution in [1.82, 2.24) is 5.06 Å². The normalized spacial score (nSPS) is 12.2. The maximum Gasteiger partial charge on any atom is 0.233 e. The Morgan fingerprint density at radius 3 is 2.03 bits per heavy atom. The number of carbonyl (C=O) groups is 1. The molecule has 1 atom stereocenters. The summed E-state index contributed by atoms with van der Waals surface area (Å²) in [7, 11) is -2.00. The zero-order valence-electron chi connectivity index (χ0n) is 17.5. The highest BCUT2D eigenvalue weighted by Gasteiger charge is 2.23. The molecule has 0 aliphatic carbocycles. The zero-order chi connectivity index (χ0) is 22.3. The van der Waals surface area contributed by atoms with Gasteiger partial charge in [0.05, 0.1) is 23.8 Å². The van der Waals surface area contributed by atoms with Gasteiger partial charge in [0.25, 0.3) is 0 Å². The highest BCUT2D eigenvalue weighted by atomic mass is 32.2. The van der Waals surface area contributed by atoms with Crippen molar-refractivity contribution in [3.8, 4) is 16.9 Å². The van der Waals surface area contributed by atoms with Gasteiger partial charge in [-0.05, 0) is 47.9 Å². The molecule has 1 unspecified atom stereocenters. The Bertz CT molecular complexity index is 1080. The Morgan fingerprint density at radius 2 is 1.48 bits per heavy atom. The molecule has 31 heavy (non-hydrogen) atoms. The molecular formula is C24H25NO5S. The third kappa shape index (κ3) is 5.93. The molecule has 0 aliphatic heterocycles. The molecule has 0 aromatic heterocycles. The van der Waals surface area contributed by atoms with Crippen LogP contribution in [0.25, 0.3) is 11.1 Å². The van der Waals surface area contributed by atoms with Crippen LogP contribution >= 0.6 is 0 Å². The van der Waals surface area contributed by atoms with Crippen molar-refractivity contribution in [2.24, 2.45) is 0 Å². The van der Waals surface area contributed by atoms with Gasteiger partial charge in [-0.25, -0.2) is 13.5 Å². The van der Waals surface area contributed by atoms with Gasteiger partial charge in [-0.2, -0.15) is 0 Å². The van der Waals surface area contributed by atoms with Crippen LogP contribution in [0.2, 0.25) is 0 Å². The molecule has 1 amide bonds. The standard InChI is InChI=1S/C24H25NO5S/c1-19(25(18-26)30-16-20-6-4-3-5-7-20)17-31(27,28)24-14-10-22(11-15-24)21-8-12-23(29-2)13-9-21/h3-15,18-19H,16-17H2,1-2H3. The second kappa shape index (κ2) is 10.2. The molecule has 0 spiro atoms. The zero-order valence-corrected chi connectivity index (χ0v) is 18.3. The fourth-order valence-electron chi connectivity index (χ4n) is 3.11. The Labute approximate surface area is 182 Å². The van der Waals surface area contributed by atoms with E-state index in [0.717, 1.165) is 27.5 Å². The van der Waals surface area contributed by atoms with E-state index < -0.39 is 15.9 Å². The number of hydrogen-bond acceptors (Lipinski definition) is 5. The van der Waals surface area contributed by atoms with E-state index in [-0.39, 0.29) is 17.3 Å². The van der Waals surface area contributed by atoms with Crippen molar-refractivity contribution in [1.29, 1.82) is 0 Å². The average molecular weight is 440 g/mol. The molecule has 6 nitrogen and oxygen atoms in total. The summed E-state index contributed by atoms with van der Waals surface area (Å²) in [5, 5.41) is 1.05. The van der Waals surface area contributed by atoms with Gasteiger partial charge in [-0.1, -0.05) is 54.6 Å². The van der Waals surface area contributed by atoms with Crippen molar-refractivity contribution in [3.05, 3.63) is 84.4 Å². The van der Waals surface area contributed by atoms with E-state index in [9.17, 15) is 13.2 Å². The number of benzene rings is 3. The number of sulfone groups is 1. The van der Waals surface area contributed by atoms with Crippen molar-refractivity contribution < 1.29 is 22.8 Å². The second-order valence-corrected chi connectivity index (χ2v) is 9.14. The number of ether oxygens (including phenoxy) is 1. The molecule has 162 valence electrons. The van der Waals surface area contributed by atoms with E-state index in [0.29, 0.717) is 6.41 Å². The van der Waals surface area contributed by atoms with Gasteiger partial charge >= 0.3 is 0 Å². The number of hydroxylamine groups is 2. The predicted octanol–water partition coefficient (Wildman–Crippen LogP) is 4.11. The minimum Gasteiger partial charge on any atom is -0.497 e. The molecule has 0 saturated heterocycles. The van der Waals surface area contributed by atoms with Crippen LogP contribution in [0.3, 0.4) is 0 Å². The SMILES string of the molecule is COc1ccc(-c2ccc(S(=O)(=O)CC(C)N(C=O)OCc3ccccc3)cc2)cc1. The fraction of sp³-hybridized carbons (Fsp3) is 0.208. The van der Waals surface area contributed by atoms with Crippen LogP contribution in [0.4, 0.5) is 0 Å². The van der Waals surface area contributed by atoms with Crippen LogP contribution in [0.5, 0.6) is 5.75 Å². The first-order chi connectivity index (χ1) is 14.9. The first kappa shape index (κ1) is 22.5. The summed E-state index contributed by atoms with van der Waals surface area (Å²) in [5.41, 5.74) is 2.74. The third-order valence-corrected chi connectivity index (χ3v) is 6.77. The Hall–Kier alpha value is -3.16. The summed E-state index contributed by atoms with van der Waals surface area (Å²) in [6.07, 6.45) is 0.510. The predicted molar refractivity (Wildman–Crippen MR) is 119 cm³/mol. The fourth-order valence-corrected chi connectivity index (χ4v) is 4.64. The molecule has 3 aromatic rings. The highest BCUT2D eigenvalue weighted by molar-refractivity contribution is 7.91. The number of rotatable bonds is 10. The van der Waals surface area contributed by atoms with Crippen LogP contribution in [-0.2, 0) is 26.1 Å². The van der Waals surface area contributed by atoms with Crippen molar-refractivity contribution in [2.75, 3.05) is 12.9 Å². The third-order valence-electron chi connectivity index (χ3n) is 4.86. The lowest BCUT2D eigenvalue weighted by Gasteiger charge is -2.24. The maximum absolute atomic E-state index is 12.9. The topological polar surface area (TPSA) is 72.9 Å². The molecule has 0 radical (unpaired) electrons.